The van der Waals surface area contributed by atoms with Crippen LogP contribution in [-0.2, 0) is 19.4 Å². The maximum Gasteiger partial charge on any atom is 0.251 e. The van der Waals surface area contributed by atoms with Crippen molar-refractivity contribution in [3.63, 3.8) is 0 Å². The van der Waals surface area contributed by atoms with Crippen LogP contribution >= 0.6 is 0 Å². The van der Waals surface area contributed by atoms with Gasteiger partial charge in [0.05, 0.1) is 6.42 Å². The van der Waals surface area contributed by atoms with Gasteiger partial charge in [-0.15, -0.1) is 0 Å². The summed E-state index contributed by atoms with van der Waals surface area (Å²) < 4.78 is 19.6. The minimum Gasteiger partial charge on any atom is -0.440 e. The average molecular weight is 388 g/mol. The second kappa shape index (κ2) is 8.27. The molecule has 0 radical (unpaired) electrons. The quantitative estimate of drug-likeness (QED) is 0.503. The number of hydrogen-bond donors (Lipinski definition) is 1. The number of nitrogens with one attached hydrogen (secondary N) is 1. The van der Waals surface area contributed by atoms with E-state index < -0.39 is 0 Å². The van der Waals surface area contributed by atoms with Crippen LogP contribution in [0.4, 0.5) is 4.39 Å². The summed E-state index contributed by atoms with van der Waals surface area (Å²) in [6.45, 7) is 2.56. The summed E-state index contributed by atoms with van der Waals surface area (Å²) in [6, 6.07) is 19.9. The highest BCUT2D eigenvalue weighted by Gasteiger charge is 2.12. The van der Waals surface area contributed by atoms with Crippen molar-refractivity contribution >= 4 is 17.0 Å². The molecule has 0 aliphatic heterocycles. The molecule has 5 heteroatoms. The van der Waals surface area contributed by atoms with Gasteiger partial charge in [-0.05, 0) is 47.4 Å². The molecule has 0 atom stereocenters. The number of oxazole rings is 1. The molecule has 4 aromatic rings. The third kappa shape index (κ3) is 4.35. The summed E-state index contributed by atoms with van der Waals surface area (Å²) in [5, 5.41) is 2.92. The van der Waals surface area contributed by atoms with E-state index in [2.05, 4.69) is 29.4 Å². The number of amides is 1. The molecule has 1 heterocycles. The van der Waals surface area contributed by atoms with Crippen molar-refractivity contribution in [3.05, 3.63) is 101 Å². The minimum atomic E-state index is -0.290. The van der Waals surface area contributed by atoms with E-state index in [4.69, 9.17) is 4.42 Å². The fraction of sp³-hybridized carbons (Fsp3) is 0.167. The molecule has 0 bridgehead atoms. The first-order valence-electron chi connectivity index (χ1n) is 9.61. The van der Waals surface area contributed by atoms with Crippen LogP contribution in [0.1, 0.15) is 39.9 Å². The molecule has 4 nitrogen and oxygen atoms in total. The lowest BCUT2D eigenvalue weighted by atomic mass is 10.1. The number of benzene rings is 3. The molecule has 0 saturated heterocycles. The zero-order valence-electron chi connectivity index (χ0n) is 16.1. The van der Waals surface area contributed by atoms with Gasteiger partial charge in [-0.3, -0.25) is 4.79 Å². The van der Waals surface area contributed by atoms with E-state index in [1.807, 2.05) is 12.1 Å². The summed E-state index contributed by atoms with van der Waals surface area (Å²) in [4.78, 5) is 16.9. The third-order valence-corrected chi connectivity index (χ3v) is 4.88. The minimum absolute atomic E-state index is 0.182. The van der Waals surface area contributed by atoms with Gasteiger partial charge in [-0.25, -0.2) is 9.37 Å². The second-order valence-corrected chi connectivity index (χ2v) is 6.91. The summed E-state index contributed by atoms with van der Waals surface area (Å²) in [5.41, 5.74) is 4.48. The Kier molecular flexibility index (Phi) is 5.38. The van der Waals surface area contributed by atoms with E-state index in [9.17, 15) is 9.18 Å². The normalized spacial score (nSPS) is 11.0. The third-order valence-electron chi connectivity index (χ3n) is 4.88. The van der Waals surface area contributed by atoms with E-state index in [1.54, 1.807) is 36.4 Å². The number of hydrogen-bond acceptors (Lipinski definition) is 3. The maximum absolute atomic E-state index is 13.8. The topological polar surface area (TPSA) is 55.1 Å². The van der Waals surface area contributed by atoms with Crippen molar-refractivity contribution in [2.75, 3.05) is 0 Å². The van der Waals surface area contributed by atoms with E-state index in [0.717, 1.165) is 12.0 Å². The van der Waals surface area contributed by atoms with Crippen molar-refractivity contribution < 1.29 is 13.6 Å². The molecule has 0 unspecified atom stereocenters. The number of rotatable bonds is 6. The average Bonchev–Trinajstić information content (AvgIpc) is 3.15. The van der Waals surface area contributed by atoms with E-state index in [0.29, 0.717) is 34.7 Å². The molecule has 0 fully saturated rings. The number of aryl methyl sites for hydroxylation is 1. The fourth-order valence-corrected chi connectivity index (χ4v) is 3.17. The number of nitrogens with zero attached hydrogens (tertiary/aromatic N) is 1. The van der Waals surface area contributed by atoms with E-state index in [-0.39, 0.29) is 18.1 Å². The Hall–Kier alpha value is -3.47. The zero-order chi connectivity index (χ0) is 20.2. The molecular weight excluding hydrogens is 367 g/mol. The lowest BCUT2D eigenvalue weighted by Gasteiger charge is -2.06. The zero-order valence-corrected chi connectivity index (χ0v) is 16.1. The lowest BCUT2D eigenvalue weighted by Crippen LogP contribution is -2.22. The predicted octanol–water partition coefficient (Wildman–Crippen LogP) is 5.05. The van der Waals surface area contributed by atoms with Gasteiger partial charge in [0, 0.05) is 12.1 Å². The maximum atomic E-state index is 13.8. The highest BCUT2D eigenvalue weighted by molar-refractivity contribution is 5.97. The molecule has 4 rings (SSSR count). The molecule has 29 heavy (non-hydrogen) atoms. The van der Waals surface area contributed by atoms with E-state index >= 15 is 0 Å². The largest absolute Gasteiger partial charge is 0.440 e. The number of halogens is 1. The van der Waals surface area contributed by atoms with Crippen LogP contribution in [0.5, 0.6) is 0 Å². The smallest absolute Gasteiger partial charge is 0.251 e. The SMILES string of the molecule is CCc1ccc(CNC(=O)c2ccc3nc(Cc4ccccc4F)oc3c2)cc1. The van der Waals surface area contributed by atoms with Crippen molar-refractivity contribution in [1.82, 2.24) is 10.3 Å². The van der Waals surface area contributed by atoms with Gasteiger partial charge >= 0.3 is 0 Å². The summed E-state index contributed by atoms with van der Waals surface area (Å²) in [5.74, 6) is -0.0565. The number of fused-ring (bicyclic) bond motifs is 1. The predicted molar refractivity (Wildman–Crippen MR) is 110 cm³/mol. The first kappa shape index (κ1) is 18.9. The summed E-state index contributed by atoms with van der Waals surface area (Å²) in [6.07, 6.45) is 1.25. The van der Waals surface area contributed by atoms with Crippen LogP contribution in [0.2, 0.25) is 0 Å². The molecule has 0 aliphatic rings. The lowest BCUT2D eigenvalue weighted by molar-refractivity contribution is 0.0951. The van der Waals surface area contributed by atoms with Gasteiger partial charge < -0.3 is 9.73 Å². The van der Waals surface area contributed by atoms with Crippen LogP contribution in [0.3, 0.4) is 0 Å². The van der Waals surface area contributed by atoms with Gasteiger partial charge in [0.1, 0.15) is 11.3 Å². The van der Waals surface area contributed by atoms with E-state index in [1.165, 1.54) is 11.6 Å². The molecule has 0 aliphatic carbocycles. The monoisotopic (exact) mass is 388 g/mol. The van der Waals surface area contributed by atoms with Crippen LogP contribution in [0.15, 0.2) is 71.1 Å². The molecule has 0 saturated carbocycles. The fourth-order valence-electron chi connectivity index (χ4n) is 3.17. The van der Waals surface area contributed by atoms with Crippen molar-refractivity contribution in [2.24, 2.45) is 0 Å². The highest BCUT2D eigenvalue weighted by atomic mass is 19.1. The van der Waals surface area contributed by atoms with Gasteiger partial charge in [-0.1, -0.05) is 49.4 Å². The van der Waals surface area contributed by atoms with Crippen molar-refractivity contribution in [3.8, 4) is 0 Å². The Morgan fingerprint density at radius 3 is 2.55 bits per heavy atom. The Morgan fingerprint density at radius 2 is 1.79 bits per heavy atom. The highest BCUT2D eigenvalue weighted by Crippen LogP contribution is 2.20. The number of carbonyl (C=O) groups excluding carboxylic acids is 1. The molecule has 146 valence electrons. The molecule has 1 N–H and O–H groups in total. The van der Waals surface area contributed by atoms with Gasteiger partial charge in [-0.2, -0.15) is 0 Å². The Morgan fingerprint density at radius 1 is 1.03 bits per heavy atom. The number of carbonyl (C=O) groups is 1. The van der Waals surface area contributed by atoms with Gasteiger partial charge in [0.25, 0.3) is 5.91 Å². The second-order valence-electron chi connectivity index (χ2n) is 6.91. The van der Waals surface area contributed by atoms with Crippen molar-refractivity contribution in [1.29, 1.82) is 0 Å². The Bertz CT molecular complexity index is 1150. The molecule has 3 aromatic carbocycles. The van der Waals surface area contributed by atoms with Gasteiger partial charge in [0.15, 0.2) is 11.5 Å². The number of aromatic nitrogens is 1. The molecule has 1 amide bonds. The first-order valence-corrected chi connectivity index (χ1v) is 9.61. The molecule has 0 spiro atoms. The summed E-state index contributed by atoms with van der Waals surface area (Å²) >= 11 is 0. The molecular formula is C24H21FN2O2. The Labute approximate surface area is 168 Å². The summed E-state index contributed by atoms with van der Waals surface area (Å²) in [7, 11) is 0. The van der Waals surface area contributed by atoms with Crippen LogP contribution in [-0.4, -0.2) is 10.9 Å². The van der Waals surface area contributed by atoms with Crippen LogP contribution < -0.4 is 5.32 Å². The Balaban J connectivity index is 1.46. The van der Waals surface area contributed by atoms with Crippen LogP contribution in [0.25, 0.3) is 11.1 Å². The van der Waals surface area contributed by atoms with Crippen LogP contribution in [0, 0.1) is 5.82 Å². The standard InChI is InChI=1S/C24H21FN2O2/c1-2-16-7-9-17(10-8-16)15-26-24(28)19-11-12-21-22(13-19)29-23(27-21)14-18-5-3-4-6-20(18)25/h3-13H,2,14-15H2,1H3,(H,26,28). The molecule has 1 aromatic heterocycles. The first-order chi connectivity index (χ1) is 14.1. The van der Waals surface area contributed by atoms with Crippen molar-refractivity contribution in [2.45, 2.75) is 26.3 Å². The van der Waals surface area contributed by atoms with Gasteiger partial charge in [0.2, 0.25) is 0 Å².